The molecule has 0 spiro atoms. The summed E-state index contributed by atoms with van der Waals surface area (Å²) in [6.07, 6.45) is 6.29. The summed E-state index contributed by atoms with van der Waals surface area (Å²) in [5.74, 6) is 0.253. The first kappa shape index (κ1) is 14.9. The van der Waals surface area contributed by atoms with Gasteiger partial charge in [-0.25, -0.2) is 9.97 Å². The van der Waals surface area contributed by atoms with Gasteiger partial charge in [-0.3, -0.25) is 4.79 Å². The van der Waals surface area contributed by atoms with E-state index in [0.717, 1.165) is 25.3 Å². The highest BCUT2D eigenvalue weighted by molar-refractivity contribution is 5.97. The topological polar surface area (TPSA) is 77.8 Å². The number of aromatic nitrogens is 3. The van der Waals surface area contributed by atoms with E-state index in [1.165, 1.54) is 0 Å². The summed E-state index contributed by atoms with van der Waals surface area (Å²) in [6, 6.07) is 0. The lowest BCUT2D eigenvalue weighted by atomic mass is 10.1. The number of carbonyl (C=O) groups is 1. The molecule has 0 saturated carbocycles. The van der Waals surface area contributed by atoms with Crippen LogP contribution in [0.15, 0.2) is 18.6 Å². The van der Waals surface area contributed by atoms with E-state index >= 15 is 0 Å². The Balaban J connectivity index is 1.48. The van der Waals surface area contributed by atoms with Gasteiger partial charge in [-0.2, -0.15) is 0 Å². The van der Waals surface area contributed by atoms with Gasteiger partial charge >= 0.3 is 0 Å². The van der Waals surface area contributed by atoms with Crippen LogP contribution in [-0.4, -0.2) is 53.2 Å². The van der Waals surface area contributed by atoms with Crippen LogP contribution in [0.4, 0.5) is 0 Å². The summed E-state index contributed by atoms with van der Waals surface area (Å²) in [7, 11) is 0. The monoisotopic (exact) mass is 304 g/mol. The molecule has 3 heterocycles. The standard InChI is InChI=1S/C15H20N4O3/c1-11-8-19-5-3-16-13(14(19)18-11)15(20)17-4-7-22-10-12-2-6-21-9-12/h3,5,8,12H,2,4,6-7,9-10H2,1H3,(H,17,20). The molecule has 0 bridgehead atoms. The normalized spacial score (nSPS) is 18.0. The highest BCUT2D eigenvalue weighted by Gasteiger charge is 2.16. The van der Waals surface area contributed by atoms with Gasteiger partial charge in [0.05, 0.1) is 25.5 Å². The van der Waals surface area contributed by atoms with Gasteiger partial charge in [0.15, 0.2) is 11.3 Å². The summed E-state index contributed by atoms with van der Waals surface area (Å²) in [5.41, 5.74) is 1.76. The maximum Gasteiger partial charge on any atom is 0.273 e. The minimum atomic E-state index is -0.232. The largest absolute Gasteiger partial charge is 0.381 e. The van der Waals surface area contributed by atoms with E-state index in [4.69, 9.17) is 9.47 Å². The number of nitrogens with one attached hydrogen (secondary N) is 1. The zero-order chi connectivity index (χ0) is 15.4. The van der Waals surface area contributed by atoms with Crippen molar-refractivity contribution in [1.82, 2.24) is 19.7 Å². The lowest BCUT2D eigenvalue weighted by Gasteiger charge is -2.09. The molecule has 7 nitrogen and oxygen atoms in total. The van der Waals surface area contributed by atoms with E-state index in [0.29, 0.717) is 37.0 Å². The summed E-state index contributed by atoms with van der Waals surface area (Å²) in [6.45, 7) is 5.10. The first-order valence-corrected chi connectivity index (χ1v) is 7.48. The Morgan fingerprint density at radius 1 is 1.59 bits per heavy atom. The number of ether oxygens (including phenoxy) is 2. The van der Waals surface area contributed by atoms with Crippen molar-refractivity contribution in [2.24, 2.45) is 5.92 Å². The van der Waals surface area contributed by atoms with Crippen molar-refractivity contribution >= 4 is 11.6 Å². The Morgan fingerprint density at radius 2 is 2.50 bits per heavy atom. The second kappa shape index (κ2) is 6.85. The van der Waals surface area contributed by atoms with Crippen LogP contribution in [0.25, 0.3) is 5.65 Å². The molecule has 2 aromatic heterocycles. The lowest BCUT2D eigenvalue weighted by molar-refractivity contribution is 0.0821. The molecule has 118 valence electrons. The Hall–Kier alpha value is -1.99. The zero-order valence-electron chi connectivity index (χ0n) is 12.6. The van der Waals surface area contributed by atoms with Crippen molar-refractivity contribution in [3.63, 3.8) is 0 Å². The molecule has 1 unspecified atom stereocenters. The number of aryl methyl sites for hydroxylation is 1. The molecule has 0 aliphatic carbocycles. The van der Waals surface area contributed by atoms with Crippen LogP contribution >= 0.6 is 0 Å². The first-order chi connectivity index (χ1) is 10.7. The quantitative estimate of drug-likeness (QED) is 0.800. The Bertz CT molecular complexity index is 649. The highest BCUT2D eigenvalue weighted by Crippen LogP contribution is 2.12. The fourth-order valence-electron chi connectivity index (χ4n) is 2.49. The van der Waals surface area contributed by atoms with Gasteiger partial charge in [0, 0.05) is 37.7 Å². The Labute approximate surface area is 128 Å². The fraction of sp³-hybridized carbons (Fsp3) is 0.533. The van der Waals surface area contributed by atoms with Crippen LogP contribution in [0, 0.1) is 12.8 Å². The van der Waals surface area contributed by atoms with Gasteiger partial charge in [-0.1, -0.05) is 0 Å². The number of imidazole rings is 1. The molecule has 2 aromatic rings. The number of hydrogen-bond donors (Lipinski definition) is 1. The zero-order valence-corrected chi connectivity index (χ0v) is 12.6. The third-order valence-corrected chi connectivity index (χ3v) is 3.62. The maximum absolute atomic E-state index is 12.2. The van der Waals surface area contributed by atoms with Gasteiger partial charge in [-0.05, 0) is 13.3 Å². The molecule has 1 amide bonds. The molecule has 1 saturated heterocycles. The van der Waals surface area contributed by atoms with Crippen LogP contribution < -0.4 is 5.32 Å². The second-order valence-electron chi connectivity index (χ2n) is 5.45. The lowest BCUT2D eigenvalue weighted by Crippen LogP contribution is -2.29. The SMILES string of the molecule is Cc1cn2ccnc(C(=O)NCCOCC3CCOC3)c2n1. The van der Waals surface area contributed by atoms with Gasteiger partial charge < -0.3 is 19.2 Å². The predicted molar refractivity (Wildman–Crippen MR) is 79.8 cm³/mol. The average Bonchev–Trinajstić information content (AvgIpc) is 3.14. The summed E-state index contributed by atoms with van der Waals surface area (Å²) < 4.78 is 12.6. The number of fused-ring (bicyclic) bond motifs is 1. The number of rotatable bonds is 6. The molecule has 1 N–H and O–H groups in total. The predicted octanol–water partition coefficient (Wildman–Crippen LogP) is 0.821. The van der Waals surface area contributed by atoms with E-state index < -0.39 is 0 Å². The van der Waals surface area contributed by atoms with Crippen LogP contribution in [0.3, 0.4) is 0 Å². The molecular formula is C15H20N4O3. The molecular weight excluding hydrogens is 284 g/mol. The van der Waals surface area contributed by atoms with Crippen LogP contribution in [-0.2, 0) is 9.47 Å². The number of carbonyl (C=O) groups excluding carboxylic acids is 1. The van der Waals surface area contributed by atoms with E-state index in [1.807, 2.05) is 13.1 Å². The molecule has 1 atom stereocenters. The first-order valence-electron chi connectivity index (χ1n) is 7.48. The molecule has 1 aliphatic heterocycles. The molecule has 1 aliphatic rings. The maximum atomic E-state index is 12.2. The Morgan fingerprint density at radius 3 is 3.32 bits per heavy atom. The van der Waals surface area contributed by atoms with E-state index in [-0.39, 0.29) is 5.91 Å². The molecule has 7 heteroatoms. The second-order valence-corrected chi connectivity index (χ2v) is 5.45. The van der Waals surface area contributed by atoms with Crippen LogP contribution in [0.1, 0.15) is 22.6 Å². The van der Waals surface area contributed by atoms with Gasteiger partial charge in [0.2, 0.25) is 0 Å². The number of amides is 1. The Kier molecular flexibility index (Phi) is 4.65. The van der Waals surface area contributed by atoms with E-state index in [2.05, 4.69) is 15.3 Å². The van der Waals surface area contributed by atoms with Gasteiger partial charge in [0.1, 0.15) is 0 Å². The van der Waals surface area contributed by atoms with Crippen LogP contribution in [0.5, 0.6) is 0 Å². The average molecular weight is 304 g/mol. The third kappa shape index (κ3) is 3.42. The highest BCUT2D eigenvalue weighted by atomic mass is 16.5. The summed E-state index contributed by atoms with van der Waals surface area (Å²) in [4.78, 5) is 20.6. The molecule has 0 radical (unpaired) electrons. The van der Waals surface area contributed by atoms with Gasteiger partial charge in [0.25, 0.3) is 5.91 Å². The van der Waals surface area contributed by atoms with E-state index in [9.17, 15) is 4.79 Å². The van der Waals surface area contributed by atoms with Gasteiger partial charge in [-0.15, -0.1) is 0 Å². The minimum absolute atomic E-state index is 0.232. The molecule has 0 aromatic carbocycles. The molecule has 22 heavy (non-hydrogen) atoms. The van der Waals surface area contributed by atoms with Crippen molar-refractivity contribution < 1.29 is 14.3 Å². The van der Waals surface area contributed by atoms with Crippen molar-refractivity contribution in [3.8, 4) is 0 Å². The van der Waals surface area contributed by atoms with Crippen molar-refractivity contribution in [3.05, 3.63) is 30.0 Å². The van der Waals surface area contributed by atoms with Crippen molar-refractivity contribution in [1.29, 1.82) is 0 Å². The minimum Gasteiger partial charge on any atom is -0.381 e. The van der Waals surface area contributed by atoms with Crippen molar-refractivity contribution in [2.75, 3.05) is 33.0 Å². The smallest absolute Gasteiger partial charge is 0.273 e. The van der Waals surface area contributed by atoms with E-state index in [1.54, 1.807) is 16.8 Å². The molecule has 1 fully saturated rings. The third-order valence-electron chi connectivity index (χ3n) is 3.62. The van der Waals surface area contributed by atoms with Crippen molar-refractivity contribution in [2.45, 2.75) is 13.3 Å². The molecule has 3 rings (SSSR count). The summed E-state index contributed by atoms with van der Waals surface area (Å²) in [5, 5.41) is 2.81. The summed E-state index contributed by atoms with van der Waals surface area (Å²) >= 11 is 0. The van der Waals surface area contributed by atoms with Crippen LogP contribution in [0.2, 0.25) is 0 Å². The number of nitrogens with zero attached hydrogens (tertiary/aromatic N) is 3. The number of hydrogen-bond acceptors (Lipinski definition) is 5. The fourth-order valence-corrected chi connectivity index (χ4v) is 2.49.